The third kappa shape index (κ3) is 7.13. The van der Waals surface area contributed by atoms with Crippen molar-refractivity contribution in [1.82, 2.24) is 10.6 Å². The highest BCUT2D eigenvalue weighted by Crippen LogP contribution is 2.14. The zero-order valence-electron chi connectivity index (χ0n) is 14.0. The number of carbonyl (C=O) groups is 3. The number of unbranched alkanes of at least 4 members (excludes halogenated alkanes) is 1. The summed E-state index contributed by atoms with van der Waals surface area (Å²) in [5, 5.41) is 14.1. The Balaban J connectivity index is 2.59. The number of amides is 2. The molecule has 0 radical (unpaired) electrons. The van der Waals surface area contributed by atoms with Crippen LogP contribution in [0.1, 0.15) is 31.7 Å². The molecule has 1 aromatic rings. The number of benzene rings is 1. The second-order valence-corrected chi connectivity index (χ2v) is 5.39. The van der Waals surface area contributed by atoms with Crippen LogP contribution in [-0.4, -0.2) is 42.6 Å². The number of carboxylic acid groups (broad SMARTS) is 1. The number of rotatable bonds is 10. The van der Waals surface area contributed by atoms with Crippen molar-refractivity contribution < 1.29 is 24.2 Å². The maximum Gasteiger partial charge on any atom is 0.326 e. The van der Waals surface area contributed by atoms with Crippen molar-refractivity contribution in [2.45, 2.75) is 38.6 Å². The molecule has 0 bridgehead atoms. The van der Waals surface area contributed by atoms with Crippen LogP contribution in [0.15, 0.2) is 24.3 Å². The van der Waals surface area contributed by atoms with Crippen LogP contribution in [0.5, 0.6) is 5.75 Å². The first kappa shape index (κ1) is 19.5. The standard InChI is InChI=1S/C17H24N2O5/c1-3-4-8-14(17(22)23)19-15(20)10-12-6-5-7-13(9-12)24-11-16(21)18-2/h5-7,9,14H,3-4,8,10-11H2,1-2H3,(H,18,21)(H,19,20)(H,22,23)/t14-/m0/s1. The van der Waals surface area contributed by atoms with E-state index in [0.29, 0.717) is 17.7 Å². The lowest BCUT2D eigenvalue weighted by molar-refractivity contribution is -0.142. The highest BCUT2D eigenvalue weighted by Gasteiger charge is 2.19. The molecule has 1 atom stereocenters. The predicted octanol–water partition coefficient (Wildman–Crippen LogP) is 1.11. The molecule has 0 aliphatic carbocycles. The highest BCUT2D eigenvalue weighted by atomic mass is 16.5. The lowest BCUT2D eigenvalue weighted by Crippen LogP contribution is -2.41. The van der Waals surface area contributed by atoms with Gasteiger partial charge in [0.1, 0.15) is 11.8 Å². The van der Waals surface area contributed by atoms with Crippen molar-refractivity contribution in [3.63, 3.8) is 0 Å². The van der Waals surface area contributed by atoms with Crippen LogP contribution in [0.3, 0.4) is 0 Å². The lowest BCUT2D eigenvalue weighted by atomic mass is 10.1. The zero-order valence-corrected chi connectivity index (χ0v) is 14.0. The fourth-order valence-electron chi connectivity index (χ4n) is 2.06. The van der Waals surface area contributed by atoms with Gasteiger partial charge in [0.15, 0.2) is 6.61 Å². The summed E-state index contributed by atoms with van der Waals surface area (Å²) < 4.78 is 5.32. The van der Waals surface area contributed by atoms with E-state index in [1.54, 1.807) is 24.3 Å². The Morgan fingerprint density at radius 3 is 2.62 bits per heavy atom. The summed E-state index contributed by atoms with van der Waals surface area (Å²) in [5.74, 6) is -1.16. The van der Waals surface area contributed by atoms with Crippen molar-refractivity contribution in [3.05, 3.63) is 29.8 Å². The minimum atomic E-state index is -1.03. The van der Waals surface area contributed by atoms with E-state index < -0.39 is 12.0 Å². The van der Waals surface area contributed by atoms with Crippen LogP contribution in [0.25, 0.3) is 0 Å². The van der Waals surface area contributed by atoms with E-state index >= 15 is 0 Å². The average Bonchev–Trinajstić information content (AvgIpc) is 2.56. The fraction of sp³-hybridized carbons (Fsp3) is 0.471. The monoisotopic (exact) mass is 336 g/mol. The molecule has 7 heteroatoms. The molecule has 0 unspecified atom stereocenters. The summed E-state index contributed by atoms with van der Waals surface area (Å²) in [6.45, 7) is 1.86. The minimum Gasteiger partial charge on any atom is -0.484 e. The number of carboxylic acids is 1. The molecule has 0 aromatic heterocycles. The van der Waals surface area contributed by atoms with Crippen molar-refractivity contribution in [3.8, 4) is 5.75 Å². The van der Waals surface area contributed by atoms with Crippen LogP contribution in [0, 0.1) is 0 Å². The van der Waals surface area contributed by atoms with E-state index in [9.17, 15) is 14.4 Å². The third-order valence-corrected chi connectivity index (χ3v) is 3.39. The van der Waals surface area contributed by atoms with E-state index in [1.807, 2.05) is 6.92 Å². The molecule has 24 heavy (non-hydrogen) atoms. The van der Waals surface area contributed by atoms with Gasteiger partial charge in [-0.15, -0.1) is 0 Å². The normalized spacial score (nSPS) is 11.4. The molecule has 2 amide bonds. The van der Waals surface area contributed by atoms with E-state index in [0.717, 1.165) is 12.8 Å². The molecule has 132 valence electrons. The number of likely N-dealkylation sites (N-methyl/N-ethyl adjacent to an activating group) is 1. The summed E-state index contributed by atoms with van der Waals surface area (Å²) in [5.41, 5.74) is 0.682. The maximum absolute atomic E-state index is 12.0. The number of carbonyl (C=O) groups excluding carboxylic acids is 2. The summed E-state index contributed by atoms with van der Waals surface area (Å²) in [4.78, 5) is 34.4. The first-order valence-electron chi connectivity index (χ1n) is 7.90. The van der Waals surface area contributed by atoms with Gasteiger partial charge in [-0.2, -0.15) is 0 Å². The Kier molecular flexibility index (Phi) is 8.32. The smallest absolute Gasteiger partial charge is 0.326 e. The number of nitrogens with one attached hydrogen (secondary N) is 2. The van der Waals surface area contributed by atoms with Crippen LogP contribution < -0.4 is 15.4 Å². The Bertz CT molecular complexity index is 574. The van der Waals surface area contributed by atoms with Crippen molar-refractivity contribution in [2.24, 2.45) is 0 Å². The first-order valence-corrected chi connectivity index (χ1v) is 7.90. The molecule has 0 fully saturated rings. The molecule has 0 aliphatic rings. The summed E-state index contributed by atoms with van der Waals surface area (Å²) in [6.07, 6.45) is 2.06. The van der Waals surface area contributed by atoms with Gasteiger partial charge in [0, 0.05) is 7.05 Å². The number of aliphatic carboxylic acids is 1. The van der Waals surface area contributed by atoms with Gasteiger partial charge >= 0.3 is 5.97 Å². The van der Waals surface area contributed by atoms with Crippen molar-refractivity contribution in [2.75, 3.05) is 13.7 Å². The molecule has 0 saturated heterocycles. The van der Waals surface area contributed by atoms with Gasteiger partial charge in [-0.1, -0.05) is 31.9 Å². The van der Waals surface area contributed by atoms with Gasteiger partial charge in [0.25, 0.3) is 5.91 Å². The molecule has 0 heterocycles. The molecule has 1 aromatic carbocycles. The lowest BCUT2D eigenvalue weighted by Gasteiger charge is -2.14. The largest absolute Gasteiger partial charge is 0.484 e. The molecule has 7 nitrogen and oxygen atoms in total. The molecule has 3 N–H and O–H groups in total. The SMILES string of the molecule is CCCC[C@H](NC(=O)Cc1cccc(OCC(=O)NC)c1)C(=O)O. The van der Waals surface area contributed by atoms with Crippen molar-refractivity contribution >= 4 is 17.8 Å². The van der Waals surface area contributed by atoms with Gasteiger partial charge in [-0.3, -0.25) is 9.59 Å². The zero-order chi connectivity index (χ0) is 17.9. The van der Waals surface area contributed by atoms with Crippen LogP contribution in [0.4, 0.5) is 0 Å². The van der Waals surface area contributed by atoms with Gasteiger partial charge < -0.3 is 20.5 Å². The Hall–Kier alpha value is -2.57. The predicted molar refractivity (Wildman–Crippen MR) is 88.8 cm³/mol. The Morgan fingerprint density at radius 1 is 1.25 bits per heavy atom. The Labute approximate surface area is 141 Å². The first-order chi connectivity index (χ1) is 11.5. The fourth-order valence-corrected chi connectivity index (χ4v) is 2.06. The number of hydrogen-bond donors (Lipinski definition) is 3. The molecule has 0 saturated carbocycles. The van der Waals surface area contributed by atoms with Crippen molar-refractivity contribution in [1.29, 1.82) is 0 Å². The second-order valence-electron chi connectivity index (χ2n) is 5.39. The topological polar surface area (TPSA) is 105 Å². The minimum absolute atomic E-state index is 0.0487. The Morgan fingerprint density at radius 2 is 2.00 bits per heavy atom. The third-order valence-electron chi connectivity index (χ3n) is 3.39. The van der Waals surface area contributed by atoms with Gasteiger partial charge in [0.2, 0.25) is 5.91 Å². The van der Waals surface area contributed by atoms with Crippen LogP contribution >= 0.6 is 0 Å². The average molecular weight is 336 g/mol. The summed E-state index contributed by atoms with van der Waals surface area (Å²) in [7, 11) is 1.52. The molecular weight excluding hydrogens is 312 g/mol. The van der Waals surface area contributed by atoms with E-state index in [4.69, 9.17) is 9.84 Å². The van der Waals surface area contributed by atoms with Gasteiger partial charge in [-0.25, -0.2) is 4.79 Å². The molecule has 0 aliphatic heterocycles. The van der Waals surface area contributed by atoms with E-state index in [1.165, 1.54) is 7.05 Å². The van der Waals surface area contributed by atoms with Crippen LogP contribution in [0.2, 0.25) is 0 Å². The van der Waals surface area contributed by atoms with E-state index in [-0.39, 0.29) is 24.8 Å². The van der Waals surface area contributed by atoms with Gasteiger partial charge in [0.05, 0.1) is 6.42 Å². The van der Waals surface area contributed by atoms with Gasteiger partial charge in [-0.05, 0) is 24.1 Å². The summed E-state index contributed by atoms with van der Waals surface area (Å²) in [6, 6.07) is 5.93. The molecule has 1 rings (SSSR count). The number of ether oxygens (including phenoxy) is 1. The molecule has 0 spiro atoms. The van der Waals surface area contributed by atoms with E-state index in [2.05, 4.69) is 10.6 Å². The molecular formula is C17H24N2O5. The second kappa shape index (κ2) is 10.3. The summed E-state index contributed by atoms with van der Waals surface area (Å²) >= 11 is 0. The highest BCUT2D eigenvalue weighted by molar-refractivity contribution is 5.84. The number of hydrogen-bond acceptors (Lipinski definition) is 4. The maximum atomic E-state index is 12.0. The quantitative estimate of drug-likeness (QED) is 0.594. The van der Waals surface area contributed by atoms with Crippen LogP contribution in [-0.2, 0) is 20.8 Å².